The van der Waals surface area contributed by atoms with Crippen LogP contribution in [0.4, 0.5) is 0 Å². The van der Waals surface area contributed by atoms with Crippen LogP contribution in [0.25, 0.3) is 5.69 Å². The van der Waals surface area contributed by atoms with E-state index >= 15 is 0 Å². The van der Waals surface area contributed by atoms with Crippen LogP contribution in [0.3, 0.4) is 0 Å². The Kier molecular flexibility index (Phi) is 2.23. The smallest absolute Gasteiger partial charge is 0.141 e. The van der Waals surface area contributed by atoms with Crippen LogP contribution < -0.4 is 0 Å². The van der Waals surface area contributed by atoms with Crippen LogP contribution in [0.15, 0.2) is 24.3 Å². The van der Waals surface area contributed by atoms with Gasteiger partial charge in [0.15, 0.2) is 0 Å². The number of hydrogen-bond donors (Lipinski definition) is 1. The highest BCUT2D eigenvalue weighted by Crippen LogP contribution is 2.25. The molecular formula is C12H14N2O. The number of phenolic OH excluding ortho intramolecular Hbond substituents is 1. The quantitative estimate of drug-likeness (QED) is 0.771. The van der Waals surface area contributed by atoms with E-state index in [2.05, 4.69) is 5.10 Å². The summed E-state index contributed by atoms with van der Waals surface area (Å²) in [7, 11) is 0. The van der Waals surface area contributed by atoms with Crippen molar-refractivity contribution in [3.8, 4) is 11.4 Å². The molecule has 2 rings (SSSR count). The molecule has 0 amide bonds. The second-order valence-electron chi connectivity index (χ2n) is 3.78. The molecule has 0 bridgehead atoms. The van der Waals surface area contributed by atoms with Crippen LogP contribution in [0.1, 0.15) is 17.0 Å². The molecule has 1 aromatic heterocycles. The normalized spacial score (nSPS) is 10.6. The van der Waals surface area contributed by atoms with Crippen molar-refractivity contribution in [2.45, 2.75) is 20.8 Å². The number of aromatic nitrogens is 2. The van der Waals surface area contributed by atoms with Crippen molar-refractivity contribution >= 4 is 0 Å². The maximum Gasteiger partial charge on any atom is 0.141 e. The predicted octanol–water partition coefficient (Wildman–Crippen LogP) is 2.50. The number of hydrogen-bond acceptors (Lipinski definition) is 2. The first-order valence-corrected chi connectivity index (χ1v) is 4.92. The summed E-state index contributed by atoms with van der Waals surface area (Å²) in [5.41, 5.74) is 3.76. The van der Waals surface area contributed by atoms with Crippen molar-refractivity contribution in [1.82, 2.24) is 9.78 Å². The van der Waals surface area contributed by atoms with Crippen molar-refractivity contribution in [3.63, 3.8) is 0 Å². The Bertz CT molecular complexity index is 480. The molecule has 0 spiro atoms. The molecule has 2 aromatic rings. The van der Waals surface area contributed by atoms with Gasteiger partial charge in [-0.3, -0.25) is 0 Å². The molecule has 1 heterocycles. The second-order valence-corrected chi connectivity index (χ2v) is 3.78. The van der Waals surface area contributed by atoms with E-state index in [-0.39, 0.29) is 5.75 Å². The van der Waals surface area contributed by atoms with Gasteiger partial charge in [0.05, 0.1) is 5.69 Å². The van der Waals surface area contributed by atoms with Crippen LogP contribution >= 0.6 is 0 Å². The average molecular weight is 202 g/mol. The highest BCUT2D eigenvalue weighted by Gasteiger charge is 2.10. The molecule has 0 radical (unpaired) electrons. The number of para-hydroxylation sites is 1. The molecule has 0 atom stereocenters. The lowest BCUT2D eigenvalue weighted by molar-refractivity contribution is 0.469. The van der Waals surface area contributed by atoms with Crippen molar-refractivity contribution in [2.75, 3.05) is 0 Å². The molecule has 1 N–H and O–H groups in total. The lowest BCUT2D eigenvalue weighted by Gasteiger charge is -2.09. The molecule has 0 saturated heterocycles. The van der Waals surface area contributed by atoms with Crippen LogP contribution in [-0.4, -0.2) is 14.9 Å². The first-order chi connectivity index (χ1) is 7.09. The first-order valence-electron chi connectivity index (χ1n) is 4.92. The fourth-order valence-corrected chi connectivity index (χ4v) is 1.77. The standard InChI is InChI=1S/C12H14N2O/c1-8-5-4-6-11(15)12(8)14-10(3)7-9(2)13-14/h4-7,15H,1-3H3. The molecule has 0 unspecified atom stereocenters. The van der Waals surface area contributed by atoms with Crippen LogP contribution in [-0.2, 0) is 0 Å². The molecule has 0 saturated carbocycles. The highest BCUT2D eigenvalue weighted by atomic mass is 16.3. The van der Waals surface area contributed by atoms with E-state index in [0.717, 1.165) is 22.6 Å². The molecule has 78 valence electrons. The zero-order chi connectivity index (χ0) is 11.0. The fraction of sp³-hybridized carbons (Fsp3) is 0.250. The minimum atomic E-state index is 0.265. The molecule has 0 aliphatic rings. The van der Waals surface area contributed by atoms with Gasteiger partial charge in [0.1, 0.15) is 11.4 Å². The average Bonchev–Trinajstić information content (AvgIpc) is 2.45. The van der Waals surface area contributed by atoms with E-state index in [4.69, 9.17) is 0 Å². The van der Waals surface area contributed by atoms with E-state index < -0.39 is 0 Å². The number of nitrogens with zero attached hydrogens (tertiary/aromatic N) is 2. The van der Waals surface area contributed by atoms with Gasteiger partial charge < -0.3 is 5.11 Å². The Morgan fingerprint density at radius 3 is 2.47 bits per heavy atom. The van der Waals surface area contributed by atoms with Gasteiger partial charge in [-0.2, -0.15) is 5.10 Å². The Balaban J connectivity index is 2.68. The molecule has 15 heavy (non-hydrogen) atoms. The predicted molar refractivity (Wildman–Crippen MR) is 59.4 cm³/mol. The Labute approximate surface area is 89.0 Å². The van der Waals surface area contributed by atoms with Gasteiger partial charge in [0.2, 0.25) is 0 Å². The molecule has 3 heteroatoms. The van der Waals surface area contributed by atoms with Crippen molar-refractivity contribution in [3.05, 3.63) is 41.2 Å². The molecule has 1 aromatic carbocycles. The Morgan fingerprint density at radius 2 is 1.93 bits per heavy atom. The number of aromatic hydroxyl groups is 1. The lowest BCUT2D eigenvalue weighted by atomic mass is 10.2. The van der Waals surface area contributed by atoms with Crippen molar-refractivity contribution < 1.29 is 5.11 Å². The van der Waals surface area contributed by atoms with E-state index in [1.807, 2.05) is 39.0 Å². The summed E-state index contributed by atoms with van der Waals surface area (Å²) in [4.78, 5) is 0. The van der Waals surface area contributed by atoms with Gasteiger partial charge in [-0.05, 0) is 38.5 Å². The van der Waals surface area contributed by atoms with Gasteiger partial charge in [-0.15, -0.1) is 0 Å². The second kappa shape index (κ2) is 3.42. The van der Waals surface area contributed by atoms with E-state index in [1.165, 1.54) is 0 Å². The van der Waals surface area contributed by atoms with Crippen LogP contribution in [0.5, 0.6) is 5.75 Å². The van der Waals surface area contributed by atoms with Gasteiger partial charge in [-0.1, -0.05) is 12.1 Å². The molecule has 0 aliphatic carbocycles. The molecule has 3 nitrogen and oxygen atoms in total. The molecule has 0 fully saturated rings. The number of aryl methyl sites for hydroxylation is 3. The summed E-state index contributed by atoms with van der Waals surface area (Å²) in [5, 5.41) is 14.2. The minimum Gasteiger partial charge on any atom is -0.506 e. The topological polar surface area (TPSA) is 38.0 Å². The maximum absolute atomic E-state index is 9.82. The monoisotopic (exact) mass is 202 g/mol. The summed E-state index contributed by atoms with van der Waals surface area (Å²) in [5.74, 6) is 0.265. The summed E-state index contributed by atoms with van der Waals surface area (Å²) in [6, 6.07) is 7.47. The van der Waals surface area contributed by atoms with Crippen molar-refractivity contribution in [2.24, 2.45) is 0 Å². The summed E-state index contributed by atoms with van der Waals surface area (Å²) >= 11 is 0. The number of benzene rings is 1. The van der Waals surface area contributed by atoms with Crippen molar-refractivity contribution in [1.29, 1.82) is 0 Å². The van der Waals surface area contributed by atoms with Crippen LogP contribution in [0.2, 0.25) is 0 Å². The lowest BCUT2D eigenvalue weighted by Crippen LogP contribution is -2.01. The first kappa shape index (κ1) is 9.77. The zero-order valence-corrected chi connectivity index (χ0v) is 9.15. The van der Waals surface area contributed by atoms with Gasteiger partial charge >= 0.3 is 0 Å². The third kappa shape index (κ3) is 1.61. The largest absolute Gasteiger partial charge is 0.506 e. The third-order valence-electron chi connectivity index (χ3n) is 2.44. The summed E-state index contributed by atoms with van der Waals surface area (Å²) < 4.78 is 1.78. The Hall–Kier alpha value is -1.77. The van der Waals surface area contributed by atoms with Gasteiger partial charge in [-0.25, -0.2) is 4.68 Å². The summed E-state index contributed by atoms with van der Waals surface area (Å²) in [6.45, 7) is 5.89. The highest BCUT2D eigenvalue weighted by molar-refractivity contribution is 5.51. The number of rotatable bonds is 1. The Morgan fingerprint density at radius 1 is 1.20 bits per heavy atom. The van der Waals surface area contributed by atoms with E-state index in [9.17, 15) is 5.11 Å². The SMILES string of the molecule is Cc1cc(C)n(-c2c(C)cccc2O)n1. The van der Waals surface area contributed by atoms with Gasteiger partial charge in [0.25, 0.3) is 0 Å². The van der Waals surface area contributed by atoms with E-state index in [0.29, 0.717) is 0 Å². The number of phenols is 1. The van der Waals surface area contributed by atoms with Gasteiger partial charge in [0, 0.05) is 5.69 Å². The summed E-state index contributed by atoms with van der Waals surface area (Å²) in [6.07, 6.45) is 0. The fourth-order valence-electron chi connectivity index (χ4n) is 1.77. The molecule has 0 aliphatic heterocycles. The zero-order valence-electron chi connectivity index (χ0n) is 9.15. The maximum atomic E-state index is 9.82. The molecular weight excluding hydrogens is 188 g/mol. The third-order valence-corrected chi connectivity index (χ3v) is 2.44. The van der Waals surface area contributed by atoms with Crippen LogP contribution in [0, 0.1) is 20.8 Å². The van der Waals surface area contributed by atoms with E-state index in [1.54, 1.807) is 10.7 Å². The minimum absolute atomic E-state index is 0.265.